The van der Waals surface area contributed by atoms with Crippen molar-refractivity contribution in [2.75, 3.05) is 13.1 Å². The van der Waals surface area contributed by atoms with Gasteiger partial charge in [0.15, 0.2) is 0 Å². The van der Waals surface area contributed by atoms with E-state index >= 15 is 0 Å². The van der Waals surface area contributed by atoms with E-state index in [2.05, 4.69) is 20.5 Å². The number of benzene rings is 2. The normalized spacial score (nSPS) is 19.0. The van der Waals surface area contributed by atoms with Crippen LogP contribution < -0.4 is 10.1 Å². The Bertz CT molecular complexity index is 1140. The van der Waals surface area contributed by atoms with Gasteiger partial charge >= 0.3 is 0 Å². The van der Waals surface area contributed by atoms with Gasteiger partial charge in [0.05, 0.1) is 11.6 Å². The number of aromatic nitrogens is 3. The van der Waals surface area contributed by atoms with Crippen LogP contribution in [0.3, 0.4) is 0 Å². The van der Waals surface area contributed by atoms with Gasteiger partial charge in [-0.25, -0.2) is 4.39 Å². The monoisotopic (exact) mass is 463 g/mol. The van der Waals surface area contributed by atoms with Gasteiger partial charge in [0.1, 0.15) is 23.9 Å². The second-order valence-corrected chi connectivity index (χ2v) is 9.30. The van der Waals surface area contributed by atoms with Crippen molar-refractivity contribution >= 4 is 5.91 Å². The third-order valence-corrected chi connectivity index (χ3v) is 7.06. The molecular weight excluding hydrogens is 433 g/mol. The molecule has 1 saturated heterocycles. The molecule has 1 N–H and O–H groups in total. The maximum Gasteiger partial charge on any atom is 0.226 e. The van der Waals surface area contributed by atoms with E-state index in [1.54, 1.807) is 6.07 Å². The fourth-order valence-corrected chi connectivity index (χ4v) is 5.00. The third-order valence-electron chi connectivity index (χ3n) is 7.06. The summed E-state index contributed by atoms with van der Waals surface area (Å²) < 4.78 is 21.9. The molecule has 3 heterocycles. The molecule has 0 unspecified atom stereocenters. The number of piperidine rings is 1. The van der Waals surface area contributed by atoms with Crippen molar-refractivity contribution in [3.8, 4) is 5.75 Å². The first-order chi connectivity index (χ1) is 16.6. The molecule has 7 nitrogen and oxygen atoms in total. The number of nitrogens with zero attached hydrogens (tertiary/aromatic N) is 4. The average Bonchev–Trinajstić information content (AvgIpc) is 3.31. The molecule has 0 atom stereocenters. The summed E-state index contributed by atoms with van der Waals surface area (Å²) in [4.78, 5) is 15.8. The van der Waals surface area contributed by atoms with E-state index in [0.29, 0.717) is 31.8 Å². The molecule has 2 aliphatic heterocycles. The number of para-hydroxylation sites is 1. The predicted octanol–water partition coefficient (Wildman–Crippen LogP) is 3.69. The summed E-state index contributed by atoms with van der Waals surface area (Å²) in [5.41, 5.74) is 1.97. The van der Waals surface area contributed by atoms with Crippen LogP contribution in [-0.2, 0) is 31.0 Å². The number of fused-ring (bicyclic) bond motifs is 3. The van der Waals surface area contributed by atoms with Crippen LogP contribution in [0.1, 0.15) is 42.5 Å². The Kier molecular flexibility index (Phi) is 6.58. The average molecular weight is 464 g/mol. The van der Waals surface area contributed by atoms with Crippen molar-refractivity contribution in [1.82, 2.24) is 25.2 Å². The van der Waals surface area contributed by atoms with Gasteiger partial charge < -0.3 is 10.1 Å². The van der Waals surface area contributed by atoms with E-state index in [-0.39, 0.29) is 11.7 Å². The summed E-state index contributed by atoms with van der Waals surface area (Å²) in [5.74, 6) is 0.652. The first-order valence-corrected chi connectivity index (χ1v) is 12.0. The Labute approximate surface area is 198 Å². The summed E-state index contributed by atoms with van der Waals surface area (Å²) in [5, 5.41) is 11.6. The van der Waals surface area contributed by atoms with Crippen molar-refractivity contribution in [3.63, 3.8) is 0 Å². The molecule has 2 bridgehead atoms. The highest BCUT2D eigenvalue weighted by Gasteiger charge is 2.40. The minimum absolute atomic E-state index is 0.0872. The number of carbonyl (C=O) groups is 1. The molecule has 178 valence electrons. The highest BCUT2D eigenvalue weighted by molar-refractivity contribution is 5.82. The van der Waals surface area contributed by atoms with Crippen LogP contribution in [0.5, 0.6) is 5.75 Å². The minimum Gasteiger partial charge on any atom is -0.487 e. The Morgan fingerprint density at radius 1 is 1.03 bits per heavy atom. The molecule has 0 radical (unpaired) electrons. The number of aryl methyl sites for hydroxylation is 1. The van der Waals surface area contributed by atoms with Crippen LogP contribution in [0.4, 0.5) is 4.39 Å². The quantitative estimate of drug-likeness (QED) is 0.628. The number of rotatable bonds is 2. The van der Waals surface area contributed by atoms with E-state index in [9.17, 15) is 9.18 Å². The van der Waals surface area contributed by atoms with Crippen molar-refractivity contribution in [2.24, 2.45) is 5.41 Å². The lowest BCUT2D eigenvalue weighted by atomic mass is 9.73. The van der Waals surface area contributed by atoms with Gasteiger partial charge in [-0.1, -0.05) is 41.6 Å². The lowest BCUT2D eigenvalue weighted by Gasteiger charge is -2.41. The summed E-state index contributed by atoms with van der Waals surface area (Å²) in [6, 6.07) is 14.7. The Hall–Kier alpha value is -3.26. The van der Waals surface area contributed by atoms with Crippen LogP contribution in [0.2, 0.25) is 0 Å². The van der Waals surface area contributed by atoms with E-state index in [1.807, 2.05) is 47.3 Å². The minimum atomic E-state index is -0.449. The third kappa shape index (κ3) is 4.97. The summed E-state index contributed by atoms with van der Waals surface area (Å²) in [6.07, 6.45) is 5.01. The molecule has 3 aromatic rings. The summed E-state index contributed by atoms with van der Waals surface area (Å²) in [7, 11) is 0. The van der Waals surface area contributed by atoms with Crippen molar-refractivity contribution in [1.29, 1.82) is 0 Å². The number of carbonyl (C=O) groups excluding carboxylic acids is 1. The largest absolute Gasteiger partial charge is 0.487 e. The molecule has 1 amide bonds. The van der Waals surface area contributed by atoms with Gasteiger partial charge in [0.2, 0.25) is 5.91 Å². The summed E-state index contributed by atoms with van der Waals surface area (Å²) in [6.45, 7) is 3.55. The molecule has 2 aromatic carbocycles. The van der Waals surface area contributed by atoms with Crippen molar-refractivity contribution in [2.45, 2.75) is 51.9 Å². The van der Waals surface area contributed by atoms with Gasteiger partial charge in [-0.3, -0.25) is 14.4 Å². The first-order valence-electron chi connectivity index (χ1n) is 12.0. The van der Waals surface area contributed by atoms with Crippen LogP contribution in [-0.4, -0.2) is 38.9 Å². The molecule has 5 rings (SSSR count). The van der Waals surface area contributed by atoms with Crippen molar-refractivity contribution < 1.29 is 13.9 Å². The predicted molar refractivity (Wildman–Crippen MR) is 125 cm³/mol. The zero-order chi connectivity index (χ0) is 23.4. The smallest absolute Gasteiger partial charge is 0.226 e. The van der Waals surface area contributed by atoms with Gasteiger partial charge in [0, 0.05) is 30.8 Å². The van der Waals surface area contributed by atoms with Crippen molar-refractivity contribution in [3.05, 3.63) is 77.4 Å². The van der Waals surface area contributed by atoms with Crippen LogP contribution >= 0.6 is 0 Å². The summed E-state index contributed by atoms with van der Waals surface area (Å²) >= 11 is 0. The number of hydrogen-bond donors (Lipinski definition) is 1. The number of halogens is 1. The van der Waals surface area contributed by atoms with Gasteiger partial charge in [-0.2, -0.15) is 0 Å². The molecule has 1 spiro atoms. The number of ether oxygens (including phenoxy) is 1. The maximum atomic E-state index is 14.1. The molecule has 34 heavy (non-hydrogen) atoms. The molecular formula is C26H30FN5O2. The standard InChI is InChI=1S/C26H30FN5O2/c27-23-8-3-1-7-21(23)17-31-14-11-26(12-15-31)10-5-13-32-18-22(29-30-32)19-34-24-9-4-2-6-20(24)16-28-25(26)33/h1-4,6-9,18H,5,10-17,19H2,(H,28,33). The topological polar surface area (TPSA) is 72.3 Å². The lowest BCUT2D eigenvalue weighted by Crippen LogP contribution is -2.48. The number of hydrogen-bond acceptors (Lipinski definition) is 5. The Morgan fingerprint density at radius 2 is 1.82 bits per heavy atom. The fourth-order valence-electron chi connectivity index (χ4n) is 5.00. The fraction of sp³-hybridized carbons (Fsp3) is 0.423. The highest BCUT2D eigenvalue weighted by Crippen LogP contribution is 2.37. The Morgan fingerprint density at radius 3 is 2.68 bits per heavy atom. The molecule has 1 fully saturated rings. The number of nitrogens with one attached hydrogen (secondary N) is 1. The van der Waals surface area contributed by atoms with Gasteiger partial charge in [-0.15, -0.1) is 5.10 Å². The molecule has 2 aliphatic rings. The van der Waals surface area contributed by atoms with E-state index in [4.69, 9.17) is 4.74 Å². The number of amides is 1. The SMILES string of the molecule is O=C1NCc2ccccc2OCc2cn(nn2)CCCC12CCN(Cc1ccccc1F)CC2. The van der Waals surface area contributed by atoms with Gasteiger partial charge in [0.25, 0.3) is 0 Å². The maximum absolute atomic E-state index is 14.1. The molecule has 8 heteroatoms. The molecule has 1 aromatic heterocycles. The van der Waals surface area contributed by atoms with E-state index < -0.39 is 5.41 Å². The Balaban J connectivity index is 1.33. The van der Waals surface area contributed by atoms with E-state index in [0.717, 1.165) is 55.8 Å². The second-order valence-electron chi connectivity index (χ2n) is 9.30. The molecule has 0 saturated carbocycles. The molecule has 0 aliphatic carbocycles. The van der Waals surface area contributed by atoms with Crippen LogP contribution in [0.25, 0.3) is 0 Å². The first kappa shape index (κ1) is 22.5. The van der Waals surface area contributed by atoms with Gasteiger partial charge in [-0.05, 0) is 50.9 Å². The number of likely N-dealkylation sites (tertiary alicyclic amines) is 1. The lowest BCUT2D eigenvalue weighted by molar-refractivity contribution is -0.135. The zero-order valence-electron chi connectivity index (χ0n) is 19.3. The van der Waals surface area contributed by atoms with Crippen LogP contribution in [0, 0.1) is 11.2 Å². The second kappa shape index (κ2) is 9.93. The highest BCUT2D eigenvalue weighted by atomic mass is 19.1. The van der Waals surface area contributed by atoms with Crippen LogP contribution in [0.15, 0.2) is 54.7 Å². The zero-order valence-corrected chi connectivity index (χ0v) is 19.3. The van der Waals surface area contributed by atoms with E-state index in [1.165, 1.54) is 6.07 Å².